The summed E-state index contributed by atoms with van der Waals surface area (Å²) in [7, 11) is 0. The minimum atomic E-state index is 0.476. The Kier molecular flexibility index (Phi) is 3.65. The molecule has 2 N–H and O–H groups in total. The van der Waals surface area contributed by atoms with Gasteiger partial charge in [-0.15, -0.1) is 0 Å². The number of anilines is 1. The first-order valence-corrected chi connectivity index (χ1v) is 7.57. The number of imidazole rings is 1. The van der Waals surface area contributed by atoms with Crippen LogP contribution in [0, 0.1) is 0 Å². The summed E-state index contributed by atoms with van der Waals surface area (Å²) < 4.78 is 2.20. The predicted octanol–water partition coefficient (Wildman–Crippen LogP) is 4.56. The fourth-order valence-electron chi connectivity index (χ4n) is 3.18. The van der Waals surface area contributed by atoms with E-state index in [0.29, 0.717) is 17.0 Å². The van der Waals surface area contributed by atoms with Crippen molar-refractivity contribution in [2.45, 2.75) is 51.0 Å². The molecule has 1 aromatic carbocycles. The number of hydrogen-bond donors (Lipinski definition) is 1. The van der Waals surface area contributed by atoms with E-state index in [0.717, 1.165) is 11.0 Å². The number of fused-ring (bicyclic) bond motifs is 1. The third-order valence-corrected chi connectivity index (χ3v) is 4.44. The largest absolute Gasteiger partial charge is 0.369 e. The van der Waals surface area contributed by atoms with Gasteiger partial charge in [-0.1, -0.05) is 49.8 Å². The number of benzene rings is 1. The first-order valence-electron chi connectivity index (χ1n) is 7.19. The molecule has 3 nitrogen and oxygen atoms in total. The van der Waals surface area contributed by atoms with Crippen LogP contribution >= 0.6 is 11.6 Å². The number of nitrogen functional groups attached to an aromatic ring is 1. The molecule has 1 saturated carbocycles. The monoisotopic (exact) mass is 277 g/mol. The molecule has 0 atom stereocenters. The quantitative estimate of drug-likeness (QED) is 0.830. The molecular formula is C15H20ClN3. The second-order valence-corrected chi connectivity index (χ2v) is 5.85. The van der Waals surface area contributed by atoms with E-state index in [2.05, 4.69) is 15.6 Å². The van der Waals surface area contributed by atoms with Gasteiger partial charge in [-0.05, 0) is 25.0 Å². The Morgan fingerprint density at radius 3 is 2.53 bits per heavy atom. The van der Waals surface area contributed by atoms with E-state index < -0.39 is 0 Å². The van der Waals surface area contributed by atoms with Gasteiger partial charge in [-0.3, -0.25) is 0 Å². The summed E-state index contributed by atoms with van der Waals surface area (Å²) in [5, 5.41) is 0.689. The lowest BCUT2D eigenvalue weighted by Crippen LogP contribution is -2.13. The molecule has 0 spiro atoms. The van der Waals surface area contributed by atoms with Gasteiger partial charge < -0.3 is 10.3 Å². The Morgan fingerprint density at radius 2 is 1.79 bits per heavy atom. The molecule has 4 heteroatoms. The lowest BCUT2D eigenvalue weighted by atomic mass is 9.96. The standard InChI is InChI=1S/C15H20ClN3/c16-12-9-6-10-13-14(12)18-15(17)19(13)11-7-4-2-1-3-5-8-11/h6,9-11H,1-5,7-8H2,(H2,17,18). The van der Waals surface area contributed by atoms with Crippen LogP contribution in [0.2, 0.25) is 5.02 Å². The molecule has 0 amide bonds. The van der Waals surface area contributed by atoms with E-state index in [1.54, 1.807) is 0 Å². The second-order valence-electron chi connectivity index (χ2n) is 5.45. The lowest BCUT2D eigenvalue weighted by Gasteiger charge is -2.22. The van der Waals surface area contributed by atoms with Crippen LogP contribution in [0.4, 0.5) is 5.95 Å². The lowest BCUT2D eigenvalue weighted by molar-refractivity contribution is 0.381. The van der Waals surface area contributed by atoms with Crippen molar-refractivity contribution >= 4 is 28.6 Å². The minimum absolute atomic E-state index is 0.476. The van der Waals surface area contributed by atoms with E-state index in [4.69, 9.17) is 17.3 Å². The smallest absolute Gasteiger partial charge is 0.201 e. The van der Waals surface area contributed by atoms with Crippen molar-refractivity contribution in [2.75, 3.05) is 5.73 Å². The molecule has 1 aromatic heterocycles. The van der Waals surface area contributed by atoms with E-state index in [1.807, 2.05) is 12.1 Å². The van der Waals surface area contributed by atoms with Crippen LogP contribution in [0.1, 0.15) is 51.0 Å². The summed E-state index contributed by atoms with van der Waals surface area (Å²) in [6.07, 6.45) is 9.01. The first-order chi connectivity index (χ1) is 9.27. The molecule has 0 bridgehead atoms. The Bertz CT molecular complexity index is 568. The topological polar surface area (TPSA) is 43.8 Å². The zero-order valence-corrected chi connectivity index (χ0v) is 11.9. The molecule has 1 fully saturated rings. The number of hydrogen-bond acceptors (Lipinski definition) is 2. The number of halogens is 1. The Morgan fingerprint density at radius 1 is 1.11 bits per heavy atom. The highest BCUT2D eigenvalue weighted by atomic mass is 35.5. The summed E-state index contributed by atoms with van der Waals surface area (Å²) in [6, 6.07) is 6.40. The van der Waals surface area contributed by atoms with E-state index in [9.17, 15) is 0 Å². The zero-order chi connectivity index (χ0) is 13.2. The highest BCUT2D eigenvalue weighted by Crippen LogP contribution is 2.33. The Labute approximate surface area is 118 Å². The minimum Gasteiger partial charge on any atom is -0.369 e. The van der Waals surface area contributed by atoms with Gasteiger partial charge in [0.1, 0.15) is 5.52 Å². The first kappa shape index (κ1) is 12.8. The van der Waals surface area contributed by atoms with Gasteiger partial charge in [0.05, 0.1) is 10.5 Å². The van der Waals surface area contributed by atoms with E-state index in [1.165, 1.54) is 44.9 Å². The van der Waals surface area contributed by atoms with Crippen molar-refractivity contribution in [2.24, 2.45) is 0 Å². The summed E-state index contributed by atoms with van der Waals surface area (Å²) in [4.78, 5) is 4.45. The van der Waals surface area contributed by atoms with E-state index in [-0.39, 0.29) is 0 Å². The average molecular weight is 278 g/mol. The third-order valence-electron chi connectivity index (χ3n) is 4.14. The fraction of sp³-hybridized carbons (Fsp3) is 0.533. The Balaban J connectivity index is 2.03. The van der Waals surface area contributed by atoms with Gasteiger partial charge in [-0.25, -0.2) is 4.98 Å². The van der Waals surface area contributed by atoms with Crippen molar-refractivity contribution < 1.29 is 0 Å². The third kappa shape index (κ3) is 2.44. The molecule has 1 heterocycles. The van der Waals surface area contributed by atoms with Crippen molar-refractivity contribution in [1.82, 2.24) is 9.55 Å². The molecule has 0 unspecified atom stereocenters. The molecule has 0 radical (unpaired) electrons. The van der Waals surface area contributed by atoms with Crippen LogP contribution < -0.4 is 5.73 Å². The van der Waals surface area contributed by atoms with Crippen molar-refractivity contribution in [1.29, 1.82) is 0 Å². The molecule has 3 rings (SSSR count). The molecule has 102 valence electrons. The van der Waals surface area contributed by atoms with Gasteiger partial charge in [0, 0.05) is 6.04 Å². The Hall–Kier alpha value is -1.22. The summed E-state index contributed by atoms with van der Waals surface area (Å²) in [5.41, 5.74) is 8.05. The summed E-state index contributed by atoms with van der Waals surface area (Å²) in [6.45, 7) is 0. The van der Waals surface area contributed by atoms with Crippen LogP contribution in [0.25, 0.3) is 11.0 Å². The fourth-order valence-corrected chi connectivity index (χ4v) is 3.39. The number of nitrogens with two attached hydrogens (primary N) is 1. The van der Waals surface area contributed by atoms with Gasteiger partial charge in [0.25, 0.3) is 0 Å². The maximum atomic E-state index is 6.21. The number of rotatable bonds is 1. The highest BCUT2D eigenvalue weighted by Gasteiger charge is 2.19. The number of para-hydroxylation sites is 1. The molecule has 1 aliphatic rings. The normalized spacial score (nSPS) is 18.4. The summed E-state index contributed by atoms with van der Waals surface area (Å²) in [5.74, 6) is 0.605. The highest BCUT2D eigenvalue weighted by molar-refractivity contribution is 6.35. The molecule has 2 aromatic rings. The van der Waals surface area contributed by atoms with Gasteiger partial charge >= 0.3 is 0 Å². The molecular weight excluding hydrogens is 258 g/mol. The van der Waals surface area contributed by atoms with Crippen LogP contribution in [0.5, 0.6) is 0 Å². The number of aromatic nitrogens is 2. The van der Waals surface area contributed by atoms with Crippen molar-refractivity contribution in [3.8, 4) is 0 Å². The van der Waals surface area contributed by atoms with E-state index >= 15 is 0 Å². The van der Waals surface area contributed by atoms with Crippen LogP contribution in [0.3, 0.4) is 0 Å². The van der Waals surface area contributed by atoms with Crippen LogP contribution in [-0.2, 0) is 0 Å². The molecule has 0 saturated heterocycles. The van der Waals surface area contributed by atoms with Gasteiger partial charge in [-0.2, -0.15) is 0 Å². The maximum absolute atomic E-state index is 6.21. The molecule has 0 aliphatic heterocycles. The average Bonchev–Trinajstić information content (AvgIpc) is 2.68. The van der Waals surface area contributed by atoms with Gasteiger partial charge in [0.2, 0.25) is 5.95 Å². The molecule has 1 aliphatic carbocycles. The maximum Gasteiger partial charge on any atom is 0.201 e. The zero-order valence-electron chi connectivity index (χ0n) is 11.1. The van der Waals surface area contributed by atoms with Crippen molar-refractivity contribution in [3.05, 3.63) is 23.2 Å². The second kappa shape index (κ2) is 5.41. The van der Waals surface area contributed by atoms with Crippen molar-refractivity contribution in [3.63, 3.8) is 0 Å². The molecule has 19 heavy (non-hydrogen) atoms. The van der Waals surface area contributed by atoms with Crippen LogP contribution in [0.15, 0.2) is 18.2 Å². The predicted molar refractivity (Wildman–Crippen MR) is 80.5 cm³/mol. The summed E-state index contributed by atoms with van der Waals surface area (Å²) >= 11 is 6.21. The van der Waals surface area contributed by atoms with Crippen LogP contribution in [-0.4, -0.2) is 9.55 Å². The van der Waals surface area contributed by atoms with Gasteiger partial charge in [0.15, 0.2) is 0 Å². The SMILES string of the molecule is Nc1nc2c(Cl)cccc2n1C1CCCCCCC1. The number of nitrogens with zero attached hydrogens (tertiary/aromatic N) is 2.